The second kappa shape index (κ2) is 8.34. The third-order valence-corrected chi connectivity index (χ3v) is 4.33. The Kier molecular flexibility index (Phi) is 6.45. The van der Waals surface area contributed by atoms with Gasteiger partial charge in [-0.15, -0.1) is 0 Å². The van der Waals surface area contributed by atoms with Crippen LogP contribution in [0.5, 0.6) is 0 Å². The van der Waals surface area contributed by atoms with Gasteiger partial charge in [0.05, 0.1) is 13.2 Å². The summed E-state index contributed by atoms with van der Waals surface area (Å²) in [5, 5.41) is 6.32. The molecular weight excluding hydrogens is 270 g/mol. The molecule has 0 aromatic rings. The largest absolute Gasteiger partial charge is 0.466 e. The molecule has 6 heteroatoms. The zero-order valence-corrected chi connectivity index (χ0v) is 12.9. The smallest absolute Gasteiger partial charge is 0.305 e. The van der Waals surface area contributed by atoms with Gasteiger partial charge in [-0.25, -0.2) is 0 Å². The molecule has 0 radical (unpaired) electrons. The van der Waals surface area contributed by atoms with Gasteiger partial charge in [0.2, 0.25) is 5.91 Å². The highest BCUT2D eigenvalue weighted by Crippen LogP contribution is 2.25. The summed E-state index contributed by atoms with van der Waals surface area (Å²) < 4.78 is 4.85. The highest BCUT2D eigenvalue weighted by molar-refractivity contribution is 5.78. The molecule has 2 fully saturated rings. The van der Waals surface area contributed by atoms with Crippen molar-refractivity contribution >= 4 is 11.9 Å². The average molecular weight is 297 g/mol. The van der Waals surface area contributed by atoms with E-state index in [2.05, 4.69) is 15.5 Å². The van der Waals surface area contributed by atoms with Crippen LogP contribution in [0, 0.1) is 5.92 Å². The molecule has 2 aliphatic heterocycles. The van der Waals surface area contributed by atoms with E-state index in [9.17, 15) is 9.59 Å². The number of carbonyl (C=O) groups excluding carboxylic acids is 2. The summed E-state index contributed by atoms with van der Waals surface area (Å²) in [7, 11) is 0. The number of hydrogen-bond donors (Lipinski definition) is 2. The van der Waals surface area contributed by atoms with Gasteiger partial charge in [0.25, 0.3) is 0 Å². The molecule has 2 rings (SSSR count). The van der Waals surface area contributed by atoms with Crippen molar-refractivity contribution in [3.63, 3.8) is 0 Å². The molecule has 1 amide bonds. The first-order valence-corrected chi connectivity index (χ1v) is 8.07. The number of esters is 1. The first-order chi connectivity index (χ1) is 10.2. The number of carbonyl (C=O) groups is 2. The standard InChI is InChI=1S/C15H27N3O3/c1-2-21-15(20)6-3-7-17-14(19)11-18-8-4-5-12-9-16-10-13(12)18/h12-13,16H,2-11H2,1H3,(H,17,19). The Balaban J connectivity index is 1.62. The molecule has 2 saturated heterocycles. The number of hydrogen-bond acceptors (Lipinski definition) is 5. The molecule has 120 valence electrons. The maximum atomic E-state index is 12.0. The van der Waals surface area contributed by atoms with Crippen molar-refractivity contribution < 1.29 is 14.3 Å². The van der Waals surface area contributed by atoms with Crippen LogP contribution in [0.1, 0.15) is 32.6 Å². The van der Waals surface area contributed by atoms with Gasteiger partial charge < -0.3 is 15.4 Å². The summed E-state index contributed by atoms with van der Waals surface area (Å²) in [6.45, 7) is 6.32. The van der Waals surface area contributed by atoms with Gasteiger partial charge in [-0.2, -0.15) is 0 Å². The normalized spacial score (nSPS) is 25.4. The molecule has 2 unspecified atom stereocenters. The number of nitrogens with one attached hydrogen (secondary N) is 2. The molecule has 0 aromatic heterocycles. The molecule has 2 heterocycles. The SMILES string of the molecule is CCOC(=O)CCCNC(=O)CN1CCCC2CNCC21. The van der Waals surface area contributed by atoms with Crippen LogP contribution in [0.4, 0.5) is 0 Å². The second-order valence-corrected chi connectivity index (χ2v) is 5.86. The van der Waals surface area contributed by atoms with Crippen molar-refractivity contribution in [2.45, 2.75) is 38.6 Å². The Morgan fingerprint density at radius 2 is 2.24 bits per heavy atom. The molecule has 0 aliphatic carbocycles. The fraction of sp³-hybridized carbons (Fsp3) is 0.867. The number of nitrogens with zero attached hydrogens (tertiary/aromatic N) is 1. The van der Waals surface area contributed by atoms with Crippen molar-refractivity contribution in [2.75, 3.05) is 39.3 Å². The molecule has 0 spiro atoms. The summed E-state index contributed by atoms with van der Waals surface area (Å²) >= 11 is 0. The molecular formula is C15H27N3O3. The molecule has 0 aromatic carbocycles. The quantitative estimate of drug-likeness (QED) is 0.516. The van der Waals surface area contributed by atoms with Gasteiger partial charge in [-0.1, -0.05) is 0 Å². The van der Waals surface area contributed by atoms with Gasteiger partial charge >= 0.3 is 5.97 Å². The number of likely N-dealkylation sites (tertiary alicyclic amines) is 1. The average Bonchev–Trinajstić information content (AvgIpc) is 2.93. The number of rotatable bonds is 7. The van der Waals surface area contributed by atoms with E-state index in [0.717, 1.165) is 19.6 Å². The highest BCUT2D eigenvalue weighted by atomic mass is 16.5. The van der Waals surface area contributed by atoms with Crippen LogP contribution in [0.3, 0.4) is 0 Å². The van der Waals surface area contributed by atoms with Gasteiger partial charge in [0.15, 0.2) is 0 Å². The van der Waals surface area contributed by atoms with E-state index in [-0.39, 0.29) is 11.9 Å². The lowest BCUT2D eigenvalue weighted by Gasteiger charge is -2.36. The lowest BCUT2D eigenvalue weighted by molar-refractivity contribution is -0.143. The Morgan fingerprint density at radius 3 is 3.05 bits per heavy atom. The zero-order chi connectivity index (χ0) is 15.1. The van der Waals surface area contributed by atoms with Crippen LogP contribution >= 0.6 is 0 Å². The number of piperidine rings is 1. The first kappa shape index (κ1) is 16.2. The minimum absolute atomic E-state index is 0.0615. The van der Waals surface area contributed by atoms with Crippen LogP contribution in [0.2, 0.25) is 0 Å². The predicted octanol–water partition coefficient (Wildman–Crippen LogP) is 0.130. The predicted molar refractivity (Wildman–Crippen MR) is 79.8 cm³/mol. The van der Waals surface area contributed by atoms with E-state index in [0.29, 0.717) is 44.5 Å². The Bertz CT molecular complexity index is 362. The third kappa shape index (κ3) is 4.97. The summed E-state index contributed by atoms with van der Waals surface area (Å²) in [5.41, 5.74) is 0. The third-order valence-electron chi connectivity index (χ3n) is 4.33. The maximum absolute atomic E-state index is 12.0. The monoisotopic (exact) mass is 297 g/mol. The summed E-state index contributed by atoms with van der Waals surface area (Å²) in [4.78, 5) is 25.5. The van der Waals surface area contributed by atoms with E-state index in [1.54, 1.807) is 6.92 Å². The molecule has 0 bridgehead atoms. The van der Waals surface area contributed by atoms with Crippen LogP contribution in [0.25, 0.3) is 0 Å². The Hall–Kier alpha value is -1.14. The van der Waals surface area contributed by atoms with Crippen LogP contribution in [-0.4, -0.2) is 62.1 Å². The number of amides is 1. The Morgan fingerprint density at radius 1 is 1.38 bits per heavy atom. The molecule has 2 atom stereocenters. The van der Waals surface area contributed by atoms with E-state index in [4.69, 9.17) is 4.74 Å². The molecule has 2 aliphatic rings. The van der Waals surface area contributed by atoms with Crippen molar-refractivity contribution in [1.82, 2.24) is 15.5 Å². The topological polar surface area (TPSA) is 70.7 Å². The van der Waals surface area contributed by atoms with E-state index in [1.807, 2.05) is 0 Å². The van der Waals surface area contributed by atoms with Crippen molar-refractivity contribution in [2.24, 2.45) is 5.92 Å². The van der Waals surface area contributed by atoms with Crippen LogP contribution in [0.15, 0.2) is 0 Å². The van der Waals surface area contributed by atoms with Gasteiger partial charge in [0.1, 0.15) is 0 Å². The second-order valence-electron chi connectivity index (χ2n) is 5.86. The fourth-order valence-corrected chi connectivity index (χ4v) is 3.29. The van der Waals surface area contributed by atoms with Crippen molar-refractivity contribution in [3.8, 4) is 0 Å². The molecule has 6 nitrogen and oxygen atoms in total. The van der Waals surface area contributed by atoms with Crippen LogP contribution in [-0.2, 0) is 14.3 Å². The van der Waals surface area contributed by atoms with E-state index >= 15 is 0 Å². The lowest BCUT2D eigenvalue weighted by atomic mass is 9.92. The summed E-state index contributed by atoms with van der Waals surface area (Å²) in [6.07, 6.45) is 3.46. The van der Waals surface area contributed by atoms with Gasteiger partial charge in [-0.3, -0.25) is 14.5 Å². The molecule has 0 saturated carbocycles. The fourth-order valence-electron chi connectivity index (χ4n) is 3.29. The van der Waals surface area contributed by atoms with Crippen molar-refractivity contribution in [1.29, 1.82) is 0 Å². The Labute approximate surface area is 126 Å². The number of fused-ring (bicyclic) bond motifs is 1. The minimum Gasteiger partial charge on any atom is -0.466 e. The minimum atomic E-state index is -0.192. The summed E-state index contributed by atoms with van der Waals surface area (Å²) in [6, 6.07) is 0.518. The molecule has 21 heavy (non-hydrogen) atoms. The zero-order valence-electron chi connectivity index (χ0n) is 12.9. The maximum Gasteiger partial charge on any atom is 0.305 e. The van der Waals surface area contributed by atoms with Crippen molar-refractivity contribution in [3.05, 3.63) is 0 Å². The van der Waals surface area contributed by atoms with E-state index in [1.165, 1.54) is 12.8 Å². The lowest BCUT2D eigenvalue weighted by Crippen LogP contribution is -2.49. The van der Waals surface area contributed by atoms with Crippen LogP contribution < -0.4 is 10.6 Å². The first-order valence-electron chi connectivity index (χ1n) is 8.07. The van der Waals surface area contributed by atoms with Gasteiger partial charge in [-0.05, 0) is 45.2 Å². The van der Waals surface area contributed by atoms with Gasteiger partial charge in [0, 0.05) is 25.6 Å². The summed E-state index contributed by atoms with van der Waals surface area (Å²) in [5.74, 6) is 0.574. The highest BCUT2D eigenvalue weighted by Gasteiger charge is 2.35. The van der Waals surface area contributed by atoms with E-state index < -0.39 is 0 Å². The number of ether oxygens (including phenoxy) is 1. The molecule has 2 N–H and O–H groups in total.